The molecule has 1 aromatic carbocycles. The lowest BCUT2D eigenvalue weighted by Crippen LogP contribution is -2.54. The molecule has 158 valence electrons. The normalized spacial score (nSPS) is 26.1. The Morgan fingerprint density at radius 2 is 1.97 bits per heavy atom. The van der Waals surface area contributed by atoms with Crippen molar-refractivity contribution >= 4 is 11.9 Å². The first-order valence-electron chi connectivity index (χ1n) is 10.3. The molecule has 1 aromatic rings. The van der Waals surface area contributed by atoms with Crippen LogP contribution in [0.15, 0.2) is 36.9 Å². The van der Waals surface area contributed by atoms with E-state index in [9.17, 15) is 9.59 Å². The SMILES string of the molecule is C=CCOc1ccc(CN(C)CN2C(=O)N[C@@]3(C[C@H](C)CC(C)(C)C3)C2=O)cc1. The average molecular weight is 400 g/mol. The Hall–Kier alpha value is -2.34. The molecule has 0 bridgehead atoms. The molecule has 0 aromatic heterocycles. The molecule has 2 atom stereocenters. The molecule has 29 heavy (non-hydrogen) atoms. The van der Waals surface area contributed by atoms with Crippen LogP contribution in [0.5, 0.6) is 5.75 Å². The van der Waals surface area contributed by atoms with E-state index in [0.717, 1.165) is 17.7 Å². The molecule has 1 N–H and O–H groups in total. The van der Waals surface area contributed by atoms with Gasteiger partial charge in [-0.3, -0.25) is 9.69 Å². The summed E-state index contributed by atoms with van der Waals surface area (Å²) in [6.45, 7) is 11.6. The molecule has 1 aliphatic heterocycles. The zero-order valence-corrected chi connectivity index (χ0v) is 18.0. The number of benzene rings is 1. The molecule has 1 heterocycles. The highest BCUT2D eigenvalue weighted by Crippen LogP contribution is 2.46. The predicted octanol–water partition coefficient (Wildman–Crippen LogP) is 3.78. The van der Waals surface area contributed by atoms with E-state index in [1.54, 1.807) is 6.08 Å². The Balaban J connectivity index is 1.63. The van der Waals surface area contributed by atoms with Crippen LogP contribution in [0.4, 0.5) is 4.79 Å². The Morgan fingerprint density at radius 3 is 2.59 bits per heavy atom. The Morgan fingerprint density at radius 1 is 1.28 bits per heavy atom. The van der Waals surface area contributed by atoms with Crippen LogP contribution < -0.4 is 10.1 Å². The summed E-state index contributed by atoms with van der Waals surface area (Å²) in [6.07, 6.45) is 4.19. The van der Waals surface area contributed by atoms with E-state index in [-0.39, 0.29) is 24.0 Å². The van der Waals surface area contributed by atoms with Gasteiger partial charge in [0.15, 0.2) is 0 Å². The number of carbonyl (C=O) groups excluding carboxylic acids is 2. The van der Waals surface area contributed by atoms with Crippen molar-refractivity contribution in [3.8, 4) is 5.75 Å². The molecule has 6 heteroatoms. The number of nitrogens with zero attached hydrogens (tertiary/aromatic N) is 2. The summed E-state index contributed by atoms with van der Waals surface area (Å²) in [5.74, 6) is 1.12. The first kappa shape index (κ1) is 21.4. The Kier molecular flexibility index (Phi) is 6.03. The second kappa shape index (κ2) is 8.19. The number of rotatable bonds is 7. The van der Waals surface area contributed by atoms with Gasteiger partial charge in [0.2, 0.25) is 0 Å². The van der Waals surface area contributed by atoms with Gasteiger partial charge in [-0.25, -0.2) is 9.69 Å². The molecule has 1 spiro atoms. The minimum atomic E-state index is -0.747. The fourth-order valence-corrected chi connectivity index (χ4v) is 5.08. The fourth-order valence-electron chi connectivity index (χ4n) is 5.08. The summed E-state index contributed by atoms with van der Waals surface area (Å²) in [5.41, 5.74) is 0.383. The van der Waals surface area contributed by atoms with Crippen LogP contribution in [-0.4, -0.2) is 47.6 Å². The van der Waals surface area contributed by atoms with Crippen LogP contribution >= 0.6 is 0 Å². The van der Waals surface area contributed by atoms with Gasteiger partial charge in [-0.1, -0.05) is 45.6 Å². The standard InChI is InChI=1S/C23H33N3O3/c1-6-11-29-19-9-7-18(8-10-19)14-25(5)16-26-20(27)23(24-21(26)28)13-17(2)12-22(3,4)15-23/h6-10,17H,1,11-16H2,2-5H3,(H,24,28)/t17-,23-/m1/s1. The van der Waals surface area contributed by atoms with Gasteiger partial charge in [0.05, 0.1) is 6.67 Å². The van der Waals surface area contributed by atoms with Crippen LogP contribution in [0.25, 0.3) is 0 Å². The largest absolute Gasteiger partial charge is 0.490 e. The molecule has 1 saturated heterocycles. The van der Waals surface area contributed by atoms with Crippen molar-refractivity contribution in [1.29, 1.82) is 0 Å². The van der Waals surface area contributed by atoms with Gasteiger partial charge in [-0.05, 0) is 55.3 Å². The van der Waals surface area contributed by atoms with E-state index in [2.05, 4.69) is 32.7 Å². The van der Waals surface area contributed by atoms with E-state index >= 15 is 0 Å². The van der Waals surface area contributed by atoms with Crippen molar-refractivity contribution < 1.29 is 14.3 Å². The van der Waals surface area contributed by atoms with Crippen LogP contribution in [0.1, 0.15) is 45.6 Å². The first-order valence-corrected chi connectivity index (χ1v) is 10.3. The number of ether oxygens (including phenoxy) is 1. The van der Waals surface area contributed by atoms with Gasteiger partial charge >= 0.3 is 6.03 Å². The molecule has 0 unspecified atom stereocenters. The second-order valence-electron chi connectivity index (χ2n) is 9.50. The third-order valence-electron chi connectivity index (χ3n) is 5.75. The van der Waals surface area contributed by atoms with Crippen LogP contribution in [0, 0.1) is 11.3 Å². The van der Waals surface area contributed by atoms with E-state index in [1.165, 1.54) is 4.90 Å². The maximum Gasteiger partial charge on any atom is 0.326 e. The smallest absolute Gasteiger partial charge is 0.326 e. The third kappa shape index (κ3) is 4.81. The molecule has 0 radical (unpaired) electrons. The fraction of sp³-hybridized carbons (Fsp3) is 0.565. The molecular weight excluding hydrogens is 366 g/mol. The van der Waals surface area contributed by atoms with Gasteiger partial charge < -0.3 is 10.1 Å². The summed E-state index contributed by atoms with van der Waals surface area (Å²) in [6, 6.07) is 7.54. The molecule has 2 fully saturated rings. The minimum absolute atomic E-state index is 0.0396. The van der Waals surface area contributed by atoms with Crippen molar-refractivity contribution in [2.45, 2.75) is 52.1 Å². The number of amides is 3. The summed E-state index contributed by atoms with van der Waals surface area (Å²) >= 11 is 0. The van der Waals surface area contributed by atoms with Crippen LogP contribution in [-0.2, 0) is 11.3 Å². The van der Waals surface area contributed by atoms with Gasteiger partial charge in [0.25, 0.3) is 5.91 Å². The third-order valence-corrected chi connectivity index (χ3v) is 5.75. The second-order valence-corrected chi connectivity index (χ2v) is 9.50. The molecule has 1 aliphatic carbocycles. The van der Waals surface area contributed by atoms with Crippen molar-refractivity contribution in [1.82, 2.24) is 15.1 Å². The lowest BCUT2D eigenvalue weighted by atomic mass is 9.64. The van der Waals surface area contributed by atoms with Crippen molar-refractivity contribution in [2.24, 2.45) is 11.3 Å². The molecule has 2 aliphatic rings. The van der Waals surface area contributed by atoms with Gasteiger partial charge in [0, 0.05) is 6.54 Å². The number of hydrogen-bond acceptors (Lipinski definition) is 4. The van der Waals surface area contributed by atoms with Crippen LogP contribution in [0.2, 0.25) is 0 Å². The quantitative estimate of drug-likeness (QED) is 0.560. The van der Waals surface area contributed by atoms with Gasteiger partial charge in [-0.15, -0.1) is 0 Å². The van der Waals surface area contributed by atoms with Crippen molar-refractivity contribution in [2.75, 3.05) is 20.3 Å². The highest BCUT2D eigenvalue weighted by molar-refractivity contribution is 6.07. The zero-order chi connectivity index (χ0) is 21.2. The lowest BCUT2D eigenvalue weighted by Gasteiger charge is -2.43. The number of imide groups is 1. The summed E-state index contributed by atoms with van der Waals surface area (Å²) in [5, 5.41) is 3.04. The van der Waals surface area contributed by atoms with Gasteiger partial charge in [-0.2, -0.15) is 0 Å². The number of nitrogens with one attached hydrogen (secondary N) is 1. The average Bonchev–Trinajstić information content (AvgIpc) is 2.82. The monoisotopic (exact) mass is 399 g/mol. The molecule has 3 amide bonds. The summed E-state index contributed by atoms with van der Waals surface area (Å²) in [7, 11) is 1.92. The number of carbonyl (C=O) groups is 2. The molecule has 6 nitrogen and oxygen atoms in total. The summed E-state index contributed by atoms with van der Waals surface area (Å²) < 4.78 is 5.50. The zero-order valence-electron chi connectivity index (χ0n) is 18.0. The maximum atomic E-state index is 13.3. The predicted molar refractivity (Wildman–Crippen MR) is 113 cm³/mol. The Bertz CT molecular complexity index is 774. The molecule has 3 rings (SSSR count). The topological polar surface area (TPSA) is 61.9 Å². The number of hydrogen-bond donors (Lipinski definition) is 1. The van der Waals surface area contributed by atoms with Gasteiger partial charge in [0.1, 0.15) is 17.9 Å². The highest BCUT2D eigenvalue weighted by Gasteiger charge is 2.56. The first-order chi connectivity index (χ1) is 13.6. The molecular formula is C23H33N3O3. The van der Waals surface area contributed by atoms with E-state index in [4.69, 9.17) is 4.74 Å². The Labute approximate surface area is 173 Å². The number of urea groups is 1. The highest BCUT2D eigenvalue weighted by atomic mass is 16.5. The van der Waals surface area contributed by atoms with Crippen molar-refractivity contribution in [3.05, 3.63) is 42.5 Å². The van der Waals surface area contributed by atoms with Crippen molar-refractivity contribution in [3.63, 3.8) is 0 Å². The maximum absolute atomic E-state index is 13.3. The van der Waals surface area contributed by atoms with E-state index in [1.807, 2.05) is 36.2 Å². The minimum Gasteiger partial charge on any atom is -0.490 e. The van der Waals surface area contributed by atoms with E-state index in [0.29, 0.717) is 31.9 Å². The molecule has 1 saturated carbocycles. The lowest BCUT2D eigenvalue weighted by molar-refractivity contribution is -0.136. The van der Waals surface area contributed by atoms with Crippen LogP contribution in [0.3, 0.4) is 0 Å². The summed E-state index contributed by atoms with van der Waals surface area (Å²) in [4.78, 5) is 29.3. The van der Waals surface area contributed by atoms with E-state index < -0.39 is 5.54 Å².